The van der Waals surface area contributed by atoms with Gasteiger partial charge in [0.15, 0.2) is 0 Å². The third kappa shape index (κ3) is 2.52. The molecule has 0 aromatic heterocycles. The van der Waals surface area contributed by atoms with Gasteiger partial charge in [-0.1, -0.05) is 6.07 Å². The van der Waals surface area contributed by atoms with Gasteiger partial charge in [0.25, 0.3) is 0 Å². The van der Waals surface area contributed by atoms with E-state index >= 15 is 0 Å². The summed E-state index contributed by atoms with van der Waals surface area (Å²) in [5, 5.41) is 18.6. The maximum atomic E-state index is 9.36. The standard InChI is InChI=1S/C16H21N3O/c17-10-14-9-13(12-20)4-5-16(14)19-8-2-7-18-6-1-3-15(18)11-19/h4-5,9,15,20H,1-3,6-8,11-12H2. The van der Waals surface area contributed by atoms with Crippen molar-refractivity contribution in [2.45, 2.75) is 31.9 Å². The van der Waals surface area contributed by atoms with Crippen molar-refractivity contribution in [3.05, 3.63) is 29.3 Å². The van der Waals surface area contributed by atoms with Crippen molar-refractivity contribution in [1.82, 2.24) is 4.90 Å². The second kappa shape index (κ2) is 5.82. The quantitative estimate of drug-likeness (QED) is 0.890. The first-order chi connectivity index (χ1) is 9.81. The van der Waals surface area contributed by atoms with Gasteiger partial charge >= 0.3 is 0 Å². The Morgan fingerprint density at radius 1 is 1.25 bits per heavy atom. The van der Waals surface area contributed by atoms with Crippen molar-refractivity contribution in [3.8, 4) is 6.07 Å². The highest BCUT2D eigenvalue weighted by Gasteiger charge is 2.29. The van der Waals surface area contributed by atoms with E-state index in [1.54, 1.807) is 0 Å². The van der Waals surface area contributed by atoms with Gasteiger partial charge in [0, 0.05) is 25.7 Å². The van der Waals surface area contributed by atoms with Crippen LogP contribution < -0.4 is 4.90 Å². The van der Waals surface area contributed by atoms with E-state index in [0.717, 1.165) is 30.8 Å². The van der Waals surface area contributed by atoms with Crippen molar-refractivity contribution < 1.29 is 5.11 Å². The van der Waals surface area contributed by atoms with E-state index in [9.17, 15) is 10.4 Å². The van der Waals surface area contributed by atoms with Crippen LogP contribution in [0, 0.1) is 11.3 Å². The van der Waals surface area contributed by atoms with Crippen molar-refractivity contribution in [2.24, 2.45) is 0 Å². The molecule has 0 radical (unpaired) electrons. The lowest BCUT2D eigenvalue weighted by molar-refractivity contribution is 0.273. The molecule has 0 amide bonds. The number of nitrogens with zero attached hydrogens (tertiary/aromatic N) is 3. The Hall–Kier alpha value is -1.57. The molecule has 0 spiro atoms. The van der Waals surface area contributed by atoms with E-state index in [1.165, 1.54) is 25.9 Å². The summed E-state index contributed by atoms with van der Waals surface area (Å²) in [5.74, 6) is 0. The maximum Gasteiger partial charge on any atom is 0.101 e. The van der Waals surface area contributed by atoms with Crippen LogP contribution in [0.2, 0.25) is 0 Å². The average molecular weight is 271 g/mol. The number of benzene rings is 1. The van der Waals surface area contributed by atoms with Crippen LogP contribution in [-0.2, 0) is 6.61 Å². The fourth-order valence-electron chi connectivity index (χ4n) is 3.47. The molecule has 2 aliphatic rings. The number of anilines is 1. The molecule has 0 saturated carbocycles. The van der Waals surface area contributed by atoms with E-state index < -0.39 is 0 Å². The molecule has 4 heteroatoms. The van der Waals surface area contributed by atoms with E-state index in [0.29, 0.717) is 11.6 Å². The molecule has 20 heavy (non-hydrogen) atoms. The maximum absolute atomic E-state index is 9.36. The van der Waals surface area contributed by atoms with Gasteiger partial charge in [-0.2, -0.15) is 5.26 Å². The monoisotopic (exact) mass is 271 g/mol. The molecule has 0 aliphatic carbocycles. The van der Waals surface area contributed by atoms with Crippen molar-refractivity contribution in [3.63, 3.8) is 0 Å². The molecular formula is C16H21N3O. The van der Waals surface area contributed by atoms with Crippen LogP contribution in [0.25, 0.3) is 0 Å². The smallest absolute Gasteiger partial charge is 0.101 e. The highest BCUT2D eigenvalue weighted by molar-refractivity contribution is 5.60. The van der Waals surface area contributed by atoms with Crippen LogP contribution in [0.4, 0.5) is 5.69 Å². The Labute approximate surface area is 120 Å². The molecule has 1 aromatic rings. The van der Waals surface area contributed by atoms with Gasteiger partial charge in [-0.25, -0.2) is 0 Å². The van der Waals surface area contributed by atoms with Crippen molar-refractivity contribution in [1.29, 1.82) is 5.26 Å². The molecule has 106 valence electrons. The second-order valence-electron chi connectivity index (χ2n) is 5.75. The third-order valence-corrected chi connectivity index (χ3v) is 4.51. The van der Waals surface area contributed by atoms with Crippen molar-refractivity contribution in [2.75, 3.05) is 31.1 Å². The predicted octanol–water partition coefficient (Wildman–Crippen LogP) is 1.73. The fraction of sp³-hybridized carbons (Fsp3) is 0.562. The van der Waals surface area contributed by atoms with Gasteiger partial charge in [-0.05, 0) is 43.5 Å². The Kier molecular flexibility index (Phi) is 3.90. The summed E-state index contributed by atoms with van der Waals surface area (Å²) < 4.78 is 0. The summed E-state index contributed by atoms with van der Waals surface area (Å²) in [6, 6.07) is 8.65. The number of fused-ring (bicyclic) bond motifs is 1. The zero-order valence-electron chi connectivity index (χ0n) is 11.8. The van der Waals surface area contributed by atoms with Crippen LogP contribution in [0.1, 0.15) is 30.4 Å². The van der Waals surface area contributed by atoms with Gasteiger partial charge in [0.05, 0.1) is 17.9 Å². The minimum Gasteiger partial charge on any atom is -0.392 e. The first-order valence-electron chi connectivity index (χ1n) is 7.44. The SMILES string of the molecule is N#Cc1cc(CO)ccc1N1CCCN2CCCC2C1. The molecule has 2 saturated heterocycles. The van der Waals surface area contributed by atoms with Gasteiger partial charge in [-0.3, -0.25) is 4.90 Å². The molecule has 3 rings (SSSR count). The minimum absolute atomic E-state index is 0.00857. The number of nitriles is 1. The lowest BCUT2D eigenvalue weighted by Crippen LogP contribution is -2.36. The number of rotatable bonds is 2. The van der Waals surface area contributed by atoms with Crippen LogP contribution in [-0.4, -0.2) is 42.2 Å². The molecule has 1 aromatic carbocycles. The molecule has 2 aliphatic heterocycles. The Balaban J connectivity index is 1.86. The zero-order valence-corrected chi connectivity index (χ0v) is 11.8. The normalized spacial score (nSPS) is 23.2. The molecular weight excluding hydrogens is 250 g/mol. The second-order valence-corrected chi connectivity index (χ2v) is 5.75. The van der Waals surface area contributed by atoms with E-state index in [-0.39, 0.29) is 6.61 Å². The summed E-state index contributed by atoms with van der Waals surface area (Å²) in [6.45, 7) is 4.43. The third-order valence-electron chi connectivity index (χ3n) is 4.51. The average Bonchev–Trinajstić information content (AvgIpc) is 2.83. The summed E-state index contributed by atoms with van der Waals surface area (Å²) in [4.78, 5) is 4.95. The Morgan fingerprint density at radius 3 is 2.90 bits per heavy atom. The Morgan fingerprint density at radius 2 is 2.10 bits per heavy atom. The fourth-order valence-corrected chi connectivity index (χ4v) is 3.47. The minimum atomic E-state index is -0.00857. The summed E-state index contributed by atoms with van der Waals surface area (Å²) in [7, 11) is 0. The number of hydrogen-bond acceptors (Lipinski definition) is 4. The van der Waals surface area contributed by atoms with E-state index in [2.05, 4.69) is 15.9 Å². The number of hydrogen-bond donors (Lipinski definition) is 1. The highest BCUT2D eigenvalue weighted by atomic mass is 16.3. The van der Waals surface area contributed by atoms with E-state index in [4.69, 9.17) is 0 Å². The topological polar surface area (TPSA) is 50.5 Å². The molecule has 2 fully saturated rings. The molecule has 4 nitrogen and oxygen atoms in total. The van der Waals surface area contributed by atoms with Crippen molar-refractivity contribution >= 4 is 5.69 Å². The number of aliphatic hydroxyl groups is 1. The van der Waals surface area contributed by atoms with E-state index in [1.807, 2.05) is 18.2 Å². The molecule has 1 N–H and O–H groups in total. The van der Waals surface area contributed by atoms with Crippen LogP contribution in [0.15, 0.2) is 18.2 Å². The van der Waals surface area contributed by atoms with Crippen LogP contribution in [0.3, 0.4) is 0 Å². The summed E-state index contributed by atoms with van der Waals surface area (Å²) >= 11 is 0. The van der Waals surface area contributed by atoms with Crippen LogP contribution >= 0.6 is 0 Å². The van der Waals surface area contributed by atoms with Gasteiger partial charge in [0.1, 0.15) is 6.07 Å². The first kappa shape index (κ1) is 13.4. The largest absolute Gasteiger partial charge is 0.392 e. The summed E-state index contributed by atoms with van der Waals surface area (Å²) in [6.07, 6.45) is 3.73. The molecule has 2 heterocycles. The first-order valence-corrected chi connectivity index (χ1v) is 7.44. The van der Waals surface area contributed by atoms with Gasteiger partial charge in [-0.15, -0.1) is 0 Å². The number of aliphatic hydroxyl groups excluding tert-OH is 1. The lowest BCUT2D eigenvalue weighted by Gasteiger charge is -2.28. The molecule has 1 unspecified atom stereocenters. The molecule has 0 bridgehead atoms. The van der Waals surface area contributed by atoms with Gasteiger partial charge < -0.3 is 10.0 Å². The lowest BCUT2D eigenvalue weighted by atomic mass is 10.1. The van der Waals surface area contributed by atoms with Gasteiger partial charge in [0.2, 0.25) is 0 Å². The highest BCUT2D eigenvalue weighted by Crippen LogP contribution is 2.27. The zero-order chi connectivity index (χ0) is 13.9. The Bertz CT molecular complexity index is 523. The molecule has 1 atom stereocenters. The summed E-state index contributed by atoms with van der Waals surface area (Å²) in [5.41, 5.74) is 2.52. The predicted molar refractivity (Wildman–Crippen MR) is 78.5 cm³/mol. The van der Waals surface area contributed by atoms with Crippen LogP contribution in [0.5, 0.6) is 0 Å².